The SMILES string of the molecule is CCOC(=O)c1ccnn1CCCOCc1cnn(CCCO)c1C(=O)O. The van der Waals surface area contributed by atoms with Crippen LogP contribution in [0.4, 0.5) is 0 Å². The molecule has 0 aromatic carbocycles. The number of aryl methyl sites for hydroxylation is 2. The fourth-order valence-corrected chi connectivity index (χ4v) is 2.56. The number of carboxylic acids is 1. The van der Waals surface area contributed by atoms with E-state index in [1.54, 1.807) is 17.7 Å². The molecule has 0 aliphatic heterocycles. The number of carboxylic acid groups (broad SMARTS) is 1. The number of ether oxygens (including phenoxy) is 2. The van der Waals surface area contributed by atoms with Gasteiger partial charge >= 0.3 is 11.9 Å². The largest absolute Gasteiger partial charge is 0.477 e. The third-order valence-electron chi connectivity index (χ3n) is 3.76. The minimum absolute atomic E-state index is 0.0357. The summed E-state index contributed by atoms with van der Waals surface area (Å²) in [6.07, 6.45) is 4.02. The third kappa shape index (κ3) is 5.63. The molecule has 0 radical (unpaired) electrons. The van der Waals surface area contributed by atoms with Gasteiger partial charge in [0, 0.05) is 38.1 Å². The van der Waals surface area contributed by atoms with Gasteiger partial charge in [-0.05, 0) is 25.8 Å². The van der Waals surface area contributed by atoms with Crippen LogP contribution in [-0.2, 0) is 29.2 Å². The molecule has 2 heterocycles. The van der Waals surface area contributed by atoms with Crippen LogP contribution >= 0.6 is 0 Å². The van der Waals surface area contributed by atoms with Gasteiger partial charge in [-0.1, -0.05) is 0 Å². The molecule has 0 saturated carbocycles. The summed E-state index contributed by atoms with van der Waals surface area (Å²) < 4.78 is 13.4. The van der Waals surface area contributed by atoms with Crippen molar-refractivity contribution in [3.8, 4) is 0 Å². The zero-order chi connectivity index (χ0) is 19.6. The van der Waals surface area contributed by atoms with E-state index in [0.717, 1.165) is 0 Å². The van der Waals surface area contributed by atoms with Crippen molar-refractivity contribution in [2.75, 3.05) is 19.8 Å². The molecule has 148 valence electrons. The molecule has 2 aromatic heterocycles. The second-order valence-corrected chi connectivity index (χ2v) is 5.69. The number of carbonyl (C=O) groups is 2. The van der Waals surface area contributed by atoms with E-state index >= 15 is 0 Å². The van der Waals surface area contributed by atoms with Crippen molar-refractivity contribution < 1.29 is 29.3 Å². The molecule has 0 unspecified atom stereocenters. The molecule has 10 heteroatoms. The van der Waals surface area contributed by atoms with Crippen molar-refractivity contribution in [3.63, 3.8) is 0 Å². The van der Waals surface area contributed by atoms with Crippen LogP contribution in [0.3, 0.4) is 0 Å². The zero-order valence-corrected chi connectivity index (χ0v) is 15.2. The lowest BCUT2D eigenvalue weighted by molar-refractivity contribution is 0.0509. The first kappa shape index (κ1) is 20.6. The average molecular weight is 380 g/mol. The number of aliphatic hydroxyl groups excluding tert-OH is 1. The van der Waals surface area contributed by atoms with E-state index in [9.17, 15) is 14.7 Å². The number of hydrogen-bond donors (Lipinski definition) is 2. The second kappa shape index (κ2) is 10.4. The summed E-state index contributed by atoms with van der Waals surface area (Å²) in [5.41, 5.74) is 0.932. The van der Waals surface area contributed by atoms with Crippen LogP contribution < -0.4 is 0 Å². The van der Waals surface area contributed by atoms with Crippen LogP contribution in [0.5, 0.6) is 0 Å². The minimum atomic E-state index is -1.08. The molecule has 0 amide bonds. The molecule has 0 saturated heterocycles. The van der Waals surface area contributed by atoms with E-state index in [4.69, 9.17) is 14.6 Å². The summed E-state index contributed by atoms with van der Waals surface area (Å²) in [6.45, 7) is 3.28. The Hall–Kier alpha value is -2.72. The van der Waals surface area contributed by atoms with E-state index in [1.165, 1.54) is 17.1 Å². The quantitative estimate of drug-likeness (QED) is 0.411. The Balaban J connectivity index is 1.83. The highest BCUT2D eigenvalue weighted by molar-refractivity contribution is 5.87. The highest BCUT2D eigenvalue weighted by Crippen LogP contribution is 2.11. The lowest BCUT2D eigenvalue weighted by Gasteiger charge is -2.08. The van der Waals surface area contributed by atoms with Crippen LogP contribution in [-0.4, -0.2) is 61.5 Å². The average Bonchev–Trinajstić information content (AvgIpc) is 3.26. The standard InChI is InChI=1S/C17H24N4O6/c1-2-27-17(25)14-5-6-18-20(14)8-4-10-26-12-13-11-19-21(7-3-9-22)15(13)16(23)24/h5-6,11,22H,2-4,7-10,12H2,1H3,(H,23,24). The fraction of sp³-hybridized carbons (Fsp3) is 0.529. The minimum Gasteiger partial charge on any atom is -0.477 e. The maximum absolute atomic E-state index is 11.8. The number of aromatic carboxylic acids is 1. The first-order chi connectivity index (χ1) is 13.1. The number of aromatic nitrogens is 4. The molecular formula is C17H24N4O6. The molecule has 0 aliphatic carbocycles. The van der Waals surface area contributed by atoms with Crippen molar-refractivity contribution in [3.05, 3.63) is 35.4 Å². The van der Waals surface area contributed by atoms with E-state index in [1.807, 2.05) is 0 Å². The maximum Gasteiger partial charge on any atom is 0.356 e. The second-order valence-electron chi connectivity index (χ2n) is 5.69. The van der Waals surface area contributed by atoms with Gasteiger partial charge in [0.05, 0.1) is 19.4 Å². The van der Waals surface area contributed by atoms with Gasteiger partial charge in [-0.25, -0.2) is 9.59 Å². The predicted octanol–water partition coefficient (Wildman–Crippen LogP) is 0.944. The van der Waals surface area contributed by atoms with Crippen molar-refractivity contribution in [1.82, 2.24) is 19.6 Å². The Bertz CT molecular complexity index is 754. The summed E-state index contributed by atoms with van der Waals surface area (Å²) in [5.74, 6) is -1.50. The summed E-state index contributed by atoms with van der Waals surface area (Å²) in [4.78, 5) is 23.2. The van der Waals surface area contributed by atoms with Crippen LogP contribution in [0.15, 0.2) is 18.5 Å². The maximum atomic E-state index is 11.8. The Morgan fingerprint density at radius 2 is 1.96 bits per heavy atom. The summed E-state index contributed by atoms with van der Waals surface area (Å²) in [5, 5.41) is 26.4. The number of carbonyl (C=O) groups excluding carboxylic acids is 1. The normalized spacial score (nSPS) is 10.9. The first-order valence-electron chi connectivity index (χ1n) is 8.74. The van der Waals surface area contributed by atoms with Crippen LogP contribution in [0.2, 0.25) is 0 Å². The fourth-order valence-electron chi connectivity index (χ4n) is 2.56. The topological polar surface area (TPSA) is 129 Å². The first-order valence-corrected chi connectivity index (χ1v) is 8.74. The Morgan fingerprint density at radius 1 is 1.19 bits per heavy atom. The molecule has 0 aliphatic rings. The van der Waals surface area contributed by atoms with Crippen LogP contribution in [0.25, 0.3) is 0 Å². The van der Waals surface area contributed by atoms with E-state index in [2.05, 4.69) is 10.2 Å². The Morgan fingerprint density at radius 3 is 2.67 bits per heavy atom. The summed E-state index contributed by atoms with van der Waals surface area (Å²) in [7, 11) is 0. The highest BCUT2D eigenvalue weighted by Gasteiger charge is 2.17. The van der Waals surface area contributed by atoms with Gasteiger partial charge in [0.25, 0.3) is 0 Å². The van der Waals surface area contributed by atoms with E-state index in [-0.39, 0.29) is 18.9 Å². The van der Waals surface area contributed by atoms with Gasteiger partial charge in [-0.3, -0.25) is 9.36 Å². The molecule has 0 atom stereocenters. The number of hydrogen-bond acceptors (Lipinski definition) is 7. The van der Waals surface area contributed by atoms with Crippen LogP contribution in [0.1, 0.15) is 46.3 Å². The third-order valence-corrected chi connectivity index (χ3v) is 3.76. The molecule has 10 nitrogen and oxygen atoms in total. The van der Waals surface area contributed by atoms with Crippen molar-refractivity contribution >= 4 is 11.9 Å². The van der Waals surface area contributed by atoms with E-state index < -0.39 is 11.9 Å². The predicted molar refractivity (Wildman–Crippen MR) is 93.3 cm³/mol. The molecule has 2 N–H and O–H groups in total. The molecular weight excluding hydrogens is 356 g/mol. The Labute approximate surface area is 156 Å². The molecule has 27 heavy (non-hydrogen) atoms. The smallest absolute Gasteiger partial charge is 0.356 e. The van der Waals surface area contributed by atoms with Gasteiger partial charge in [-0.2, -0.15) is 10.2 Å². The van der Waals surface area contributed by atoms with E-state index in [0.29, 0.717) is 50.4 Å². The van der Waals surface area contributed by atoms with Crippen molar-refractivity contribution in [2.24, 2.45) is 0 Å². The number of aliphatic hydroxyl groups is 1. The van der Waals surface area contributed by atoms with Gasteiger partial charge in [0.1, 0.15) is 5.69 Å². The zero-order valence-electron chi connectivity index (χ0n) is 15.2. The number of nitrogens with zero attached hydrogens (tertiary/aromatic N) is 4. The molecule has 2 rings (SSSR count). The highest BCUT2D eigenvalue weighted by atomic mass is 16.5. The molecule has 0 fully saturated rings. The number of esters is 1. The molecule has 0 spiro atoms. The van der Waals surface area contributed by atoms with Crippen molar-refractivity contribution in [2.45, 2.75) is 39.5 Å². The molecule has 2 aromatic rings. The lowest BCUT2D eigenvalue weighted by atomic mass is 10.2. The summed E-state index contributed by atoms with van der Waals surface area (Å²) in [6, 6.07) is 1.60. The van der Waals surface area contributed by atoms with Crippen LogP contribution in [0, 0.1) is 0 Å². The number of rotatable bonds is 12. The van der Waals surface area contributed by atoms with Gasteiger partial charge in [-0.15, -0.1) is 0 Å². The lowest BCUT2D eigenvalue weighted by Crippen LogP contribution is -2.15. The monoisotopic (exact) mass is 380 g/mol. The van der Waals surface area contributed by atoms with Gasteiger partial charge in [0.2, 0.25) is 0 Å². The molecule has 0 bridgehead atoms. The summed E-state index contributed by atoms with van der Waals surface area (Å²) >= 11 is 0. The Kier molecular flexibility index (Phi) is 7.96. The van der Waals surface area contributed by atoms with Gasteiger partial charge < -0.3 is 19.7 Å². The van der Waals surface area contributed by atoms with Crippen molar-refractivity contribution in [1.29, 1.82) is 0 Å². The van der Waals surface area contributed by atoms with Gasteiger partial charge in [0.15, 0.2) is 5.69 Å².